The van der Waals surface area contributed by atoms with Crippen molar-refractivity contribution < 1.29 is 27.8 Å². The lowest BCUT2D eigenvalue weighted by molar-refractivity contribution is -0.385. The maximum atomic E-state index is 12.7. The zero-order chi connectivity index (χ0) is 20.2. The van der Waals surface area contributed by atoms with Crippen LogP contribution in [0.3, 0.4) is 0 Å². The Morgan fingerprint density at radius 1 is 1.07 bits per heavy atom. The first kappa shape index (κ1) is 19.6. The molecule has 2 aromatic carbocycles. The Balaban J connectivity index is 2.27. The van der Waals surface area contributed by atoms with Crippen molar-refractivity contribution in [3.05, 3.63) is 67.8 Å². The van der Waals surface area contributed by atoms with Gasteiger partial charge in [-0.15, -0.1) is 0 Å². The number of hydrazone groups is 1. The van der Waals surface area contributed by atoms with Gasteiger partial charge in [-0.1, -0.05) is 0 Å². The molecule has 0 aliphatic heterocycles. The Labute approximate surface area is 149 Å². The number of nitrogens with zero attached hydrogens (tertiary/aromatic N) is 3. The second kappa shape index (κ2) is 7.68. The Morgan fingerprint density at radius 3 is 2.30 bits per heavy atom. The summed E-state index contributed by atoms with van der Waals surface area (Å²) in [6.07, 6.45) is -3.61. The standard InChI is InChI=1S/C15H11F3N4O5/c1-27-14-5-2-9(6-13(14)22(25)26)8-19-20-11-4-3-10(15(16,17)18)7-12(11)21(23)24/h2-8,20H,1H3/b19-8-. The molecule has 2 rings (SSSR count). The third kappa shape index (κ3) is 4.68. The Bertz CT molecular complexity index is 915. The number of benzene rings is 2. The summed E-state index contributed by atoms with van der Waals surface area (Å²) in [6, 6.07) is 5.86. The van der Waals surface area contributed by atoms with Gasteiger partial charge in [-0.05, 0) is 24.3 Å². The number of methoxy groups -OCH3 is 1. The Morgan fingerprint density at radius 2 is 1.74 bits per heavy atom. The van der Waals surface area contributed by atoms with E-state index in [1.807, 2.05) is 0 Å². The number of nitro benzene ring substituents is 2. The van der Waals surface area contributed by atoms with Gasteiger partial charge >= 0.3 is 11.9 Å². The molecule has 27 heavy (non-hydrogen) atoms. The summed E-state index contributed by atoms with van der Waals surface area (Å²) in [4.78, 5) is 20.3. The van der Waals surface area contributed by atoms with E-state index in [2.05, 4.69) is 10.5 Å². The lowest BCUT2D eigenvalue weighted by Gasteiger charge is -2.08. The highest BCUT2D eigenvalue weighted by Gasteiger charge is 2.33. The number of nitrogens with one attached hydrogen (secondary N) is 1. The van der Waals surface area contributed by atoms with Gasteiger partial charge in [-0.25, -0.2) is 0 Å². The highest BCUT2D eigenvalue weighted by molar-refractivity contribution is 5.82. The molecule has 0 amide bonds. The molecular formula is C15H11F3N4O5. The van der Waals surface area contributed by atoms with Gasteiger partial charge in [0.2, 0.25) is 0 Å². The molecular weight excluding hydrogens is 373 g/mol. The van der Waals surface area contributed by atoms with E-state index < -0.39 is 27.3 Å². The number of anilines is 1. The number of hydrogen-bond acceptors (Lipinski definition) is 7. The molecule has 9 nitrogen and oxygen atoms in total. The molecule has 12 heteroatoms. The summed E-state index contributed by atoms with van der Waals surface area (Å²) in [5, 5.41) is 25.6. The van der Waals surface area contributed by atoms with Crippen LogP contribution in [0.1, 0.15) is 11.1 Å². The molecule has 0 aliphatic carbocycles. The minimum absolute atomic E-state index is 0.0310. The summed E-state index contributed by atoms with van der Waals surface area (Å²) >= 11 is 0. The largest absolute Gasteiger partial charge is 0.490 e. The minimum atomic E-state index is -4.73. The molecule has 0 aliphatic rings. The van der Waals surface area contributed by atoms with Crippen LogP contribution in [0, 0.1) is 20.2 Å². The van der Waals surface area contributed by atoms with Gasteiger partial charge in [-0.3, -0.25) is 25.7 Å². The van der Waals surface area contributed by atoms with E-state index in [9.17, 15) is 33.4 Å². The second-order valence-corrected chi connectivity index (χ2v) is 5.05. The van der Waals surface area contributed by atoms with Crippen LogP contribution < -0.4 is 10.2 Å². The van der Waals surface area contributed by atoms with E-state index in [0.29, 0.717) is 12.1 Å². The molecule has 0 bridgehead atoms. The number of ether oxygens (including phenoxy) is 1. The molecule has 0 unspecified atom stereocenters. The third-order valence-corrected chi connectivity index (χ3v) is 3.32. The molecule has 0 spiro atoms. The summed E-state index contributed by atoms with van der Waals surface area (Å²) in [6.45, 7) is 0. The van der Waals surface area contributed by atoms with E-state index in [4.69, 9.17) is 4.74 Å². The lowest BCUT2D eigenvalue weighted by Crippen LogP contribution is -2.06. The molecule has 0 saturated carbocycles. The first-order valence-corrected chi connectivity index (χ1v) is 7.10. The van der Waals surface area contributed by atoms with Crippen molar-refractivity contribution in [3.63, 3.8) is 0 Å². The summed E-state index contributed by atoms with van der Waals surface area (Å²) in [7, 11) is 1.27. The topological polar surface area (TPSA) is 120 Å². The quantitative estimate of drug-likeness (QED) is 0.457. The van der Waals surface area contributed by atoms with Gasteiger partial charge in [0.1, 0.15) is 5.69 Å². The second-order valence-electron chi connectivity index (χ2n) is 5.05. The zero-order valence-corrected chi connectivity index (χ0v) is 13.6. The van der Waals surface area contributed by atoms with Crippen LogP contribution in [0.25, 0.3) is 0 Å². The van der Waals surface area contributed by atoms with Crippen molar-refractivity contribution in [2.24, 2.45) is 5.10 Å². The van der Waals surface area contributed by atoms with Crippen LogP contribution in [0.5, 0.6) is 5.75 Å². The monoisotopic (exact) mass is 384 g/mol. The highest BCUT2D eigenvalue weighted by Crippen LogP contribution is 2.35. The van der Waals surface area contributed by atoms with E-state index >= 15 is 0 Å². The fourth-order valence-electron chi connectivity index (χ4n) is 2.06. The molecule has 0 radical (unpaired) electrons. The fourth-order valence-corrected chi connectivity index (χ4v) is 2.06. The van der Waals surface area contributed by atoms with E-state index in [1.54, 1.807) is 0 Å². The van der Waals surface area contributed by atoms with E-state index in [0.717, 1.165) is 18.3 Å². The van der Waals surface area contributed by atoms with Crippen molar-refractivity contribution in [1.29, 1.82) is 0 Å². The van der Waals surface area contributed by atoms with Gasteiger partial charge in [0, 0.05) is 17.7 Å². The minimum Gasteiger partial charge on any atom is -0.490 e. The zero-order valence-electron chi connectivity index (χ0n) is 13.6. The van der Waals surface area contributed by atoms with E-state index in [1.165, 1.54) is 19.2 Å². The normalized spacial score (nSPS) is 11.4. The van der Waals surface area contributed by atoms with Crippen LogP contribution in [-0.4, -0.2) is 23.2 Å². The van der Waals surface area contributed by atoms with Crippen LogP contribution in [0.2, 0.25) is 0 Å². The predicted octanol–water partition coefficient (Wildman–Crippen LogP) is 3.98. The number of rotatable bonds is 6. The average Bonchev–Trinajstić information content (AvgIpc) is 2.60. The smallest absolute Gasteiger partial charge is 0.416 e. The molecule has 0 atom stereocenters. The van der Waals surface area contributed by atoms with Gasteiger partial charge in [0.05, 0.1) is 28.7 Å². The van der Waals surface area contributed by atoms with Gasteiger partial charge < -0.3 is 4.74 Å². The van der Waals surface area contributed by atoms with Crippen molar-refractivity contribution in [3.8, 4) is 5.75 Å². The average molecular weight is 384 g/mol. The first-order chi connectivity index (χ1) is 12.6. The molecule has 1 N–H and O–H groups in total. The lowest BCUT2D eigenvalue weighted by atomic mass is 10.1. The summed E-state index contributed by atoms with van der Waals surface area (Å²) < 4.78 is 42.8. The fraction of sp³-hybridized carbons (Fsp3) is 0.133. The van der Waals surface area contributed by atoms with Crippen molar-refractivity contribution in [1.82, 2.24) is 0 Å². The Kier molecular flexibility index (Phi) is 5.58. The number of hydrogen-bond donors (Lipinski definition) is 1. The van der Waals surface area contributed by atoms with Crippen molar-refractivity contribution in [2.75, 3.05) is 12.5 Å². The number of halogens is 3. The maximum Gasteiger partial charge on any atom is 0.416 e. The van der Waals surface area contributed by atoms with Crippen LogP contribution in [0.4, 0.5) is 30.2 Å². The Hall–Kier alpha value is -3.70. The molecule has 0 fully saturated rings. The van der Waals surface area contributed by atoms with E-state index in [-0.39, 0.29) is 22.7 Å². The summed E-state index contributed by atoms with van der Waals surface area (Å²) in [5.41, 5.74) is -0.0509. The molecule has 142 valence electrons. The molecule has 0 aromatic heterocycles. The first-order valence-electron chi connectivity index (χ1n) is 7.10. The van der Waals surface area contributed by atoms with Crippen molar-refractivity contribution in [2.45, 2.75) is 6.18 Å². The molecule has 0 heterocycles. The third-order valence-electron chi connectivity index (χ3n) is 3.32. The van der Waals surface area contributed by atoms with Crippen LogP contribution in [-0.2, 0) is 6.18 Å². The highest BCUT2D eigenvalue weighted by atomic mass is 19.4. The van der Waals surface area contributed by atoms with Gasteiger partial charge in [-0.2, -0.15) is 18.3 Å². The summed E-state index contributed by atoms with van der Waals surface area (Å²) in [5.74, 6) is 0.0310. The number of alkyl halides is 3. The van der Waals surface area contributed by atoms with Crippen LogP contribution >= 0.6 is 0 Å². The van der Waals surface area contributed by atoms with Gasteiger partial charge in [0.25, 0.3) is 5.69 Å². The van der Waals surface area contributed by atoms with Crippen LogP contribution in [0.15, 0.2) is 41.5 Å². The molecule has 2 aromatic rings. The predicted molar refractivity (Wildman–Crippen MR) is 89.0 cm³/mol. The maximum absolute atomic E-state index is 12.7. The van der Waals surface area contributed by atoms with Gasteiger partial charge in [0.15, 0.2) is 5.75 Å². The van der Waals surface area contributed by atoms with Crippen molar-refractivity contribution >= 4 is 23.3 Å². The number of nitro groups is 2. The SMILES string of the molecule is COc1ccc(/C=N\Nc2ccc(C(F)(F)F)cc2[N+](=O)[O-])cc1[N+](=O)[O-]. The molecule has 0 saturated heterocycles.